The Hall–Kier alpha value is -2.82. The fourth-order valence-electron chi connectivity index (χ4n) is 2.93. The number of pyridine rings is 1. The Morgan fingerprint density at radius 3 is 2.61 bits per heavy atom. The highest BCUT2D eigenvalue weighted by Crippen LogP contribution is 2.55. The van der Waals surface area contributed by atoms with Crippen LogP contribution in [0.5, 0.6) is 0 Å². The number of hydrogen-bond donors (Lipinski definition) is 2. The molecule has 4 nitrogen and oxygen atoms in total. The lowest BCUT2D eigenvalue weighted by Gasteiger charge is -2.40. The highest BCUT2D eigenvalue weighted by Gasteiger charge is 2.60. The van der Waals surface area contributed by atoms with Crippen molar-refractivity contribution in [1.29, 1.82) is 5.26 Å². The van der Waals surface area contributed by atoms with Crippen molar-refractivity contribution in [2.45, 2.75) is 18.0 Å². The lowest BCUT2D eigenvalue weighted by atomic mass is 9.69. The van der Waals surface area contributed by atoms with Crippen LogP contribution in [0.15, 0.2) is 35.3 Å². The van der Waals surface area contributed by atoms with Gasteiger partial charge in [-0.05, 0) is 29.8 Å². The van der Waals surface area contributed by atoms with Gasteiger partial charge < -0.3 is 10.3 Å². The average molecular weight is 323 g/mol. The second kappa shape index (κ2) is 4.84. The number of fused-ring (bicyclic) bond motifs is 2. The number of hydrogen-bond acceptors (Lipinski definition) is 3. The van der Waals surface area contributed by atoms with Crippen molar-refractivity contribution in [2.75, 3.05) is 5.32 Å². The smallest absolute Gasteiger partial charge is 0.351 e. The summed E-state index contributed by atoms with van der Waals surface area (Å²) in [4.78, 5) is 14.2. The Labute approximate surface area is 127 Å². The summed E-state index contributed by atoms with van der Waals surface area (Å²) in [5, 5.41) is 11.6. The van der Waals surface area contributed by atoms with Crippen LogP contribution in [0.3, 0.4) is 0 Å². The minimum atomic E-state index is -4.89. The molecule has 2 heterocycles. The van der Waals surface area contributed by atoms with Crippen LogP contribution in [0.2, 0.25) is 0 Å². The Bertz CT molecular complexity index is 882. The van der Waals surface area contributed by atoms with E-state index in [1.165, 1.54) is 6.07 Å². The molecule has 1 aliphatic heterocycles. The number of nitriles is 1. The van der Waals surface area contributed by atoms with E-state index in [9.17, 15) is 22.4 Å². The molecular formula is C15H9F4N3O. The molecule has 23 heavy (non-hydrogen) atoms. The number of aromatic nitrogens is 1. The molecule has 1 aliphatic rings. The fourth-order valence-corrected chi connectivity index (χ4v) is 2.93. The maximum absolute atomic E-state index is 14.0. The van der Waals surface area contributed by atoms with Crippen LogP contribution in [0.4, 0.5) is 28.9 Å². The minimum Gasteiger partial charge on any atom is -0.351 e. The molecule has 8 heteroatoms. The van der Waals surface area contributed by atoms with Gasteiger partial charge in [0.1, 0.15) is 16.9 Å². The van der Waals surface area contributed by atoms with Gasteiger partial charge in [0.05, 0.1) is 12.5 Å². The van der Waals surface area contributed by atoms with Crippen LogP contribution >= 0.6 is 0 Å². The van der Waals surface area contributed by atoms with Gasteiger partial charge in [0.15, 0.2) is 0 Å². The summed E-state index contributed by atoms with van der Waals surface area (Å²) in [7, 11) is 0. The Balaban J connectivity index is 2.47. The molecule has 0 radical (unpaired) electrons. The second-order valence-electron chi connectivity index (χ2n) is 5.15. The van der Waals surface area contributed by atoms with Crippen LogP contribution in [0, 0.1) is 17.1 Å². The van der Waals surface area contributed by atoms with Crippen LogP contribution in [-0.2, 0) is 5.41 Å². The van der Waals surface area contributed by atoms with Gasteiger partial charge in [0.25, 0.3) is 5.56 Å². The quantitative estimate of drug-likeness (QED) is 0.791. The van der Waals surface area contributed by atoms with Gasteiger partial charge in [-0.3, -0.25) is 4.79 Å². The maximum Gasteiger partial charge on any atom is 0.403 e. The molecule has 1 aromatic carbocycles. The van der Waals surface area contributed by atoms with Gasteiger partial charge in [-0.1, -0.05) is 0 Å². The largest absolute Gasteiger partial charge is 0.403 e. The predicted octanol–water partition coefficient (Wildman–Crippen LogP) is 3.33. The molecular weight excluding hydrogens is 314 g/mol. The van der Waals surface area contributed by atoms with Crippen molar-refractivity contribution in [3.8, 4) is 6.07 Å². The van der Waals surface area contributed by atoms with E-state index in [1.807, 2.05) is 0 Å². The molecule has 2 N–H and O–H groups in total. The van der Waals surface area contributed by atoms with Crippen LogP contribution in [0.1, 0.15) is 17.5 Å². The number of benzene rings is 1. The van der Waals surface area contributed by atoms with E-state index in [2.05, 4.69) is 10.3 Å². The number of rotatable bonds is 1. The molecule has 118 valence electrons. The first-order valence-corrected chi connectivity index (χ1v) is 6.54. The normalized spacial score (nSPS) is 19.3. The maximum atomic E-state index is 14.0. The van der Waals surface area contributed by atoms with E-state index < -0.39 is 40.5 Å². The van der Waals surface area contributed by atoms with Gasteiger partial charge in [0.2, 0.25) is 0 Å². The highest BCUT2D eigenvalue weighted by atomic mass is 19.4. The minimum absolute atomic E-state index is 0.0526. The van der Waals surface area contributed by atoms with Gasteiger partial charge in [-0.2, -0.15) is 18.4 Å². The first kappa shape index (κ1) is 15.1. The van der Waals surface area contributed by atoms with Gasteiger partial charge in [-0.25, -0.2) is 4.39 Å². The molecule has 0 amide bonds. The molecule has 0 spiro atoms. The molecule has 2 aromatic rings. The molecule has 1 unspecified atom stereocenters. The third-order valence-electron chi connectivity index (χ3n) is 3.95. The lowest BCUT2D eigenvalue weighted by molar-refractivity contribution is -0.177. The number of anilines is 2. The summed E-state index contributed by atoms with van der Waals surface area (Å²) in [5.74, 6) is -0.856. The summed E-state index contributed by atoms with van der Waals surface area (Å²) < 4.78 is 55.5. The summed E-state index contributed by atoms with van der Waals surface area (Å²) >= 11 is 0. The van der Waals surface area contributed by atoms with Crippen molar-refractivity contribution in [1.82, 2.24) is 4.98 Å². The van der Waals surface area contributed by atoms with Crippen molar-refractivity contribution in [3.05, 3.63) is 57.8 Å². The third-order valence-corrected chi connectivity index (χ3v) is 3.95. The number of H-pyrrole nitrogens is 1. The number of halogens is 4. The SMILES string of the molecule is N#CCC1(C(F)(F)F)c2cc(F)ccc2Nc2c1cc[nH]c2=O. The van der Waals surface area contributed by atoms with Crippen LogP contribution < -0.4 is 10.9 Å². The van der Waals surface area contributed by atoms with E-state index in [4.69, 9.17) is 5.26 Å². The first-order valence-electron chi connectivity index (χ1n) is 6.54. The standard InChI is InChI=1S/C15H9F4N3O/c16-8-1-2-11-10(7-8)14(4-5-20,15(17,18)19)9-3-6-21-13(23)12(9)22-11/h1-3,6-7,22H,4H2,(H,21,23). The molecule has 0 saturated carbocycles. The van der Waals surface area contributed by atoms with E-state index in [-0.39, 0.29) is 11.4 Å². The van der Waals surface area contributed by atoms with Crippen molar-refractivity contribution in [3.63, 3.8) is 0 Å². The van der Waals surface area contributed by atoms with Gasteiger partial charge in [0, 0.05) is 17.4 Å². The molecule has 1 atom stereocenters. The Morgan fingerprint density at radius 1 is 1.22 bits per heavy atom. The average Bonchev–Trinajstić information content (AvgIpc) is 2.47. The summed E-state index contributed by atoms with van der Waals surface area (Å²) in [5.41, 5.74) is -4.67. The Kier molecular flexibility index (Phi) is 3.18. The number of aromatic amines is 1. The summed E-state index contributed by atoms with van der Waals surface area (Å²) in [6.07, 6.45) is -4.79. The van der Waals surface area contributed by atoms with Crippen molar-refractivity contribution >= 4 is 11.4 Å². The lowest BCUT2D eigenvalue weighted by Crippen LogP contribution is -2.47. The Morgan fingerprint density at radius 2 is 1.96 bits per heavy atom. The summed E-state index contributed by atoms with van der Waals surface area (Å²) in [6, 6.07) is 5.47. The highest BCUT2D eigenvalue weighted by molar-refractivity contribution is 5.76. The molecule has 0 aliphatic carbocycles. The van der Waals surface area contributed by atoms with Gasteiger partial charge >= 0.3 is 6.18 Å². The molecule has 0 bridgehead atoms. The number of nitrogens with zero attached hydrogens (tertiary/aromatic N) is 1. The predicted molar refractivity (Wildman–Crippen MR) is 73.8 cm³/mol. The third kappa shape index (κ3) is 2.00. The van der Waals surface area contributed by atoms with Gasteiger partial charge in [-0.15, -0.1) is 0 Å². The van der Waals surface area contributed by atoms with E-state index in [0.717, 1.165) is 30.5 Å². The first-order chi connectivity index (χ1) is 10.8. The zero-order valence-corrected chi connectivity index (χ0v) is 11.5. The molecule has 3 rings (SSSR count). The fraction of sp³-hybridized carbons (Fsp3) is 0.200. The second-order valence-corrected chi connectivity index (χ2v) is 5.15. The number of nitrogens with one attached hydrogen (secondary N) is 2. The zero-order chi connectivity index (χ0) is 16.8. The monoisotopic (exact) mass is 323 g/mol. The van der Waals surface area contributed by atoms with E-state index in [0.29, 0.717) is 0 Å². The number of alkyl halides is 3. The topological polar surface area (TPSA) is 68.7 Å². The molecule has 1 aromatic heterocycles. The van der Waals surface area contributed by atoms with Crippen molar-refractivity contribution < 1.29 is 17.6 Å². The van der Waals surface area contributed by atoms with E-state index in [1.54, 1.807) is 0 Å². The van der Waals surface area contributed by atoms with E-state index >= 15 is 0 Å². The molecule has 0 saturated heterocycles. The summed E-state index contributed by atoms with van der Waals surface area (Å²) in [6.45, 7) is 0. The molecule has 0 fully saturated rings. The van der Waals surface area contributed by atoms with Crippen LogP contribution in [0.25, 0.3) is 0 Å². The van der Waals surface area contributed by atoms with Crippen LogP contribution in [-0.4, -0.2) is 11.2 Å². The zero-order valence-electron chi connectivity index (χ0n) is 11.5. The van der Waals surface area contributed by atoms with Crippen molar-refractivity contribution in [2.24, 2.45) is 0 Å².